The van der Waals surface area contributed by atoms with Crippen molar-refractivity contribution in [1.29, 1.82) is 0 Å². The van der Waals surface area contributed by atoms with Crippen molar-refractivity contribution in [3.8, 4) is 0 Å². The minimum Gasteiger partial charge on any atom is -0.469 e. The fourth-order valence-electron chi connectivity index (χ4n) is 3.56. The van der Waals surface area contributed by atoms with Crippen molar-refractivity contribution in [1.82, 2.24) is 10.2 Å². The largest absolute Gasteiger partial charge is 0.469 e. The van der Waals surface area contributed by atoms with Gasteiger partial charge in [0.1, 0.15) is 0 Å². The summed E-state index contributed by atoms with van der Waals surface area (Å²) in [5, 5.41) is 3.39. The van der Waals surface area contributed by atoms with E-state index < -0.39 is 0 Å². The number of nitrogens with one attached hydrogen (secondary N) is 1. The molecule has 1 fully saturated rings. The van der Waals surface area contributed by atoms with E-state index in [0.717, 1.165) is 58.1 Å². The Morgan fingerprint density at radius 1 is 1.30 bits per heavy atom. The number of likely N-dealkylation sites (N-methyl/N-ethyl adjacent to an activating group) is 1. The Hall–Kier alpha value is -2.24. The molecule has 6 heteroatoms. The SMILES string of the molecule is CCNC(=NCCN(CC)c1ccccc1C)N1CCC(C(=O)OC)CC1. The van der Waals surface area contributed by atoms with Gasteiger partial charge in [0.2, 0.25) is 0 Å². The molecular formula is C21H34N4O2. The van der Waals surface area contributed by atoms with Crippen LogP contribution in [0.4, 0.5) is 5.69 Å². The fourth-order valence-corrected chi connectivity index (χ4v) is 3.56. The lowest BCUT2D eigenvalue weighted by molar-refractivity contribution is -0.146. The number of piperidine rings is 1. The number of carbonyl (C=O) groups is 1. The first-order valence-electron chi connectivity index (χ1n) is 10.0. The Kier molecular flexibility index (Phi) is 8.43. The molecule has 1 aliphatic rings. The van der Waals surface area contributed by atoms with Crippen molar-refractivity contribution >= 4 is 17.6 Å². The van der Waals surface area contributed by atoms with Gasteiger partial charge in [-0.15, -0.1) is 0 Å². The van der Waals surface area contributed by atoms with Crippen molar-refractivity contribution in [3.63, 3.8) is 0 Å². The number of esters is 1. The van der Waals surface area contributed by atoms with Crippen molar-refractivity contribution in [3.05, 3.63) is 29.8 Å². The van der Waals surface area contributed by atoms with E-state index in [1.807, 2.05) is 0 Å². The number of para-hydroxylation sites is 1. The van der Waals surface area contributed by atoms with Crippen LogP contribution >= 0.6 is 0 Å². The number of hydrogen-bond donors (Lipinski definition) is 1. The zero-order chi connectivity index (χ0) is 19.6. The minimum atomic E-state index is -0.0894. The van der Waals surface area contributed by atoms with Gasteiger partial charge in [0.15, 0.2) is 5.96 Å². The van der Waals surface area contributed by atoms with E-state index in [1.165, 1.54) is 18.4 Å². The van der Waals surface area contributed by atoms with Crippen LogP contribution in [-0.2, 0) is 9.53 Å². The molecule has 0 radical (unpaired) electrons. The number of guanidine groups is 1. The molecule has 0 spiro atoms. The summed E-state index contributed by atoms with van der Waals surface area (Å²) in [4.78, 5) is 21.2. The van der Waals surface area contributed by atoms with Crippen LogP contribution in [0.3, 0.4) is 0 Å². The van der Waals surface area contributed by atoms with Crippen molar-refractivity contribution < 1.29 is 9.53 Å². The standard InChI is InChI=1S/C21H34N4O2/c1-5-22-21(25-14-11-18(12-15-25)20(26)27-4)23-13-16-24(6-2)19-10-8-7-9-17(19)3/h7-10,18H,5-6,11-16H2,1-4H3,(H,22,23). The highest BCUT2D eigenvalue weighted by molar-refractivity contribution is 5.80. The zero-order valence-corrected chi connectivity index (χ0v) is 17.2. The number of ether oxygens (including phenoxy) is 1. The van der Waals surface area contributed by atoms with Crippen molar-refractivity contribution in [2.24, 2.45) is 10.9 Å². The predicted octanol–water partition coefficient (Wildman–Crippen LogP) is 2.67. The minimum absolute atomic E-state index is 0.0192. The Labute approximate surface area is 163 Å². The van der Waals surface area contributed by atoms with E-state index in [-0.39, 0.29) is 11.9 Å². The van der Waals surface area contributed by atoms with Gasteiger partial charge in [-0.25, -0.2) is 0 Å². The molecule has 1 aliphatic heterocycles. The van der Waals surface area contributed by atoms with Crippen LogP contribution in [0.15, 0.2) is 29.3 Å². The number of benzene rings is 1. The third-order valence-corrected chi connectivity index (χ3v) is 5.13. The lowest BCUT2D eigenvalue weighted by Gasteiger charge is -2.33. The number of anilines is 1. The second kappa shape index (κ2) is 10.8. The van der Waals surface area contributed by atoms with Gasteiger partial charge in [-0.2, -0.15) is 0 Å². The normalized spacial score (nSPS) is 15.6. The maximum atomic E-state index is 11.7. The van der Waals surface area contributed by atoms with Gasteiger partial charge in [-0.1, -0.05) is 18.2 Å². The first-order chi connectivity index (χ1) is 13.1. The Balaban J connectivity index is 1.95. The van der Waals surface area contributed by atoms with E-state index in [1.54, 1.807) is 0 Å². The molecule has 2 rings (SSSR count). The molecule has 0 aromatic heterocycles. The number of aliphatic imine (C=N–C) groups is 1. The highest BCUT2D eigenvalue weighted by Crippen LogP contribution is 2.20. The first kappa shape index (κ1) is 21.1. The average molecular weight is 375 g/mol. The molecule has 1 saturated heterocycles. The Morgan fingerprint density at radius 3 is 2.59 bits per heavy atom. The Bertz CT molecular complexity index is 624. The van der Waals surface area contributed by atoms with Crippen molar-refractivity contribution in [2.75, 3.05) is 51.3 Å². The molecule has 0 aliphatic carbocycles. The maximum Gasteiger partial charge on any atom is 0.308 e. The smallest absolute Gasteiger partial charge is 0.308 e. The van der Waals surface area contributed by atoms with Gasteiger partial charge in [0.05, 0.1) is 19.6 Å². The van der Waals surface area contributed by atoms with Gasteiger partial charge in [-0.3, -0.25) is 9.79 Å². The van der Waals surface area contributed by atoms with Crippen LogP contribution in [0.2, 0.25) is 0 Å². The number of nitrogens with zero attached hydrogens (tertiary/aromatic N) is 3. The van der Waals surface area contributed by atoms with E-state index in [2.05, 4.69) is 60.2 Å². The third-order valence-electron chi connectivity index (χ3n) is 5.13. The number of likely N-dealkylation sites (tertiary alicyclic amines) is 1. The monoisotopic (exact) mass is 374 g/mol. The molecule has 1 aromatic rings. The van der Waals surface area contributed by atoms with E-state index in [4.69, 9.17) is 9.73 Å². The molecule has 27 heavy (non-hydrogen) atoms. The van der Waals surface area contributed by atoms with Crippen LogP contribution in [0.1, 0.15) is 32.3 Å². The third kappa shape index (κ3) is 5.88. The summed E-state index contributed by atoms with van der Waals surface area (Å²) in [6, 6.07) is 8.48. The van der Waals surface area contributed by atoms with Crippen LogP contribution in [0.25, 0.3) is 0 Å². The molecule has 0 saturated carbocycles. The summed E-state index contributed by atoms with van der Waals surface area (Å²) < 4.78 is 4.88. The quantitative estimate of drug-likeness (QED) is 0.452. The van der Waals surface area contributed by atoms with Crippen molar-refractivity contribution in [2.45, 2.75) is 33.6 Å². The summed E-state index contributed by atoms with van der Waals surface area (Å²) >= 11 is 0. The molecule has 1 heterocycles. The maximum absolute atomic E-state index is 11.7. The lowest BCUT2D eigenvalue weighted by Crippen LogP contribution is -2.47. The predicted molar refractivity (Wildman–Crippen MR) is 111 cm³/mol. The molecule has 1 N–H and O–H groups in total. The topological polar surface area (TPSA) is 57.2 Å². The van der Waals surface area contributed by atoms with Gasteiger partial charge in [0, 0.05) is 38.4 Å². The number of aryl methyl sites for hydroxylation is 1. The van der Waals surface area contributed by atoms with Gasteiger partial charge < -0.3 is 19.9 Å². The second-order valence-corrected chi connectivity index (χ2v) is 6.89. The first-order valence-corrected chi connectivity index (χ1v) is 10.0. The van der Waals surface area contributed by atoms with Gasteiger partial charge >= 0.3 is 5.97 Å². The van der Waals surface area contributed by atoms with E-state index in [0.29, 0.717) is 0 Å². The molecule has 0 amide bonds. The van der Waals surface area contributed by atoms with Crippen LogP contribution < -0.4 is 10.2 Å². The highest BCUT2D eigenvalue weighted by Gasteiger charge is 2.26. The summed E-state index contributed by atoms with van der Waals surface area (Å²) in [5.74, 6) is 0.876. The number of methoxy groups -OCH3 is 1. The number of rotatable bonds is 7. The molecular weight excluding hydrogens is 340 g/mol. The van der Waals surface area contributed by atoms with E-state index >= 15 is 0 Å². The average Bonchev–Trinajstić information content (AvgIpc) is 2.71. The lowest BCUT2D eigenvalue weighted by atomic mass is 9.97. The highest BCUT2D eigenvalue weighted by atomic mass is 16.5. The zero-order valence-electron chi connectivity index (χ0n) is 17.2. The van der Waals surface area contributed by atoms with Crippen LogP contribution in [0, 0.1) is 12.8 Å². The molecule has 1 aromatic carbocycles. The number of hydrogen-bond acceptors (Lipinski definition) is 4. The molecule has 150 valence electrons. The summed E-state index contributed by atoms with van der Waals surface area (Å²) in [5.41, 5.74) is 2.57. The molecule has 0 unspecified atom stereocenters. The fraction of sp³-hybridized carbons (Fsp3) is 0.619. The Morgan fingerprint density at radius 2 is 2.00 bits per heavy atom. The summed E-state index contributed by atoms with van der Waals surface area (Å²) in [6.07, 6.45) is 1.64. The van der Waals surface area contributed by atoms with E-state index in [9.17, 15) is 4.79 Å². The van der Waals surface area contributed by atoms with Crippen LogP contribution in [0.5, 0.6) is 0 Å². The molecule has 0 atom stereocenters. The van der Waals surface area contributed by atoms with Crippen LogP contribution in [-0.4, -0.2) is 63.2 Å². The number of carbonyl (C=O) groups excluding carboxylic acids is 1. The van der Waals surface area contributed by atoms with Gasteiger partial charge in [0.25, 0.3) is 0 Å². The molecule has 0 bridgehead atoms. The second-order valence-electron chi connectivity index (χ2n) is 6.89. The van der Waals surface area contributed by atoms with Gasteiger partial charge in [-0.05, 0) is 45.2 Å². The molecule has 6 nitrogen and oxygen atoms in total. The summed E-state index contributed by atoms with van der Waals surface area (Å²) in [6.45, 7) is 11.5. The summed E-state index contributed by atoms with van der Waals surface area (Å²) in [7, 11) is 1.47.